The lowest BCUT2D eigenvalue weighted by molar-refractivity contribution is -0.0435. The first-order valence-corrected chi connectivity index (χ1v) is 24.9. The monoisotopic (exact) mass is 940 g/mol. The summed E-state index contributed by atoms with van der Waals surface area (Å²) < 4.78 is 97.5. The molecule has 2 fully saturated rings. The van der Waals surface area contributed by atoms with E-state index in [0.29, 0.717) is 35.7 Å². The molecule has 0 spiro atoms. The number of benzene rings is 5. The van der Waals surface area contributed by atoms with Gasteiger partial charge in [0.15, 0.2) is 0 Å². The van der Waals surface area contributed by atoms with Gasteiger partial charge in [-0.05, 0) is 121 Å². The van der Waals surface area contributed by atoms with E-state index in [9.17, 15) is 39.9 Å². The molecule has 0 radical (unpaired) electrons. The highest BCUT2D eigenvalue weighted by molar-refractivity contribution is 7.99. The van der Waals surface area contributed by atoms with Crippen molar-refractivity contribution in [2.24, 2.45) is 5.92 Å². The van der Waals surface area contributed by atoms with Crippen LogP contribution >= 0.6 is 23.4 Å². The van der Waals surface area contributed by atoms with E-state index in [-0.39, 0.29) is 18.2 Å². The van der Waals surface area contributed by atoms with Crippen molar-refractivity contribution < 1.29 is 39.9 Å². The Morgan fingerprint density at radius 3 is 2.17 bits per heavy atom. The number of carbonyl (C=O) groups is 1. The molecular formula is C46H48ClF3N4O6S3. The minimum Gasteiger partial charge on any atom is -0.395 e. The van der Waals surface area contributed by atoms with Gasteiger partial charge in [0.25, 0.3) is 25.8 Å². The molecule has 2 heterocycles. The van der Waals surface area contributed by atoms with Gasteiger partial charge >= 0.3 is 5.51 Å². The number of nitrogens with one attached hydrogen (secondary N) is 2. The molecular weight excluding hydrogens is 893 g/mol. The van der Waals surface area contributed by atoms with Crippen molar-refractivity contribution in [1.29, 1.82) is 0 Å². The van der Waals surface area contributed by atoms with Gasteiger partial charge in [0.2, 0.25) is 0 Å². The summed E-state index contributed by atoms with van der Waals surface area (Å²) in [5.41, 5.74) is -1.79. The average molecular weight is 942 g/mol. The van der Waals surface area contributed by atoms with E-state index in [2.05, 4.69) is 22.3 Å². The van der Waals surface area contributed by atoms with Crippen LogP contribution in [0.15, 0.2) is 136 Å². The van der Waals surface area contributed by atoms with Crippen LogP contribution in [-0.2, 0) is 26.3 Å². The highest BCUT2D eigenvalue weighted by Gasteiger charge is 2.48. The first-order valence-electron chi connectivity index (χ1n) is 20.6. The van der Waals surface area contributed by atoms with E-state index >= 15 is 0 Å². The lowest BCUT2D eigenvalue weighted by Crippen LogP contribution is -2.51. The van der Waals surface area contributed by atoms with Crippen LogP contribution in [0.2, 0.25) is 5.02 Å². The summed E-state index contributed by atoms with van der Waals surface area (Å²) in [6.07, 6.45) is 3.99. The Bertz CT molecular complexity index is 2580. The minimum absolute atomic E-state index is 0.00891. The molecule has 7 rings (SSSR count). The van der Waals surface area contributed by atoms with Gasteiger partial charge in [-0.1, -0.05) is 66.2 Å². The molecule has 0 aromatic heterocycles. The van der Waals surface area contributed by atoms with E-state index in [1.54, 1.807) is 12.1 Å². The highest BCUT2D eigenvalue weighted by atomic mass is 35.5. The number of amides is 1. The van der Waals surface area contributed by atoms with Crippen LogP contribution in [0.25, 0.3) is 11.1 Å². The fourth-order valence-electron chi connectivity index (χ4n) is 8.13. The molecule has 334 valence electrons. The number of sulfone groups is 1. The second kappa shape index (κ2) is 20.1. The Kier molecular flexibility index (Phi) is 14.8. The normalized spacial score (nSPS) is 16.9. The Morgan fingerprint density at radius 1 is 0.841 bits per heavy atom. The fraction of sp³-hybridized carbons (Fsp3) is 0.326. The number of carbonyl (C=O) groups excluding carboxylic acids is 1. The highest BCUT2D eigenvalue weighted by Crippen LogP contribution is 2.38. The number of anilines is 2. The average Bonchev–Trinajstić information content (AvgIpc) is 3.26. The molecule has 2 saturated heterocycles. The number of halogens is 4. The molecule has 10 nitrogen and oxygen atoms in total. The van der Waals surface area contributed by atoms with Crippen LogP contribution in [0.4, 0.5) is 24.5 Å². The van der Waals surface area contributed by atoms with Gasteiger partial charge in [-0.3, -0.25) is 9.69 Å². The lowest BCUT2D eigenvalue weighted by atomic mass is 9.87. The molecule has 5 aromatic rings. The molecule has 2 aliphatic heterocycles. The first-order chi connectivity index (χ1) is 30.1. The summed E-state index contributed by atoms with van der Waals surface area (Å²) in [7, 11) is -10.9. The number of likely N-dealkylation sites (tertiary alicyclic amines) is 1. The number of aliphatic hydroxyl groups is 1. The van der Waals surface area contributed by atoms with E-state index in [4.69, 9.17) is 11.6 Å². The maximum absolute atomic E-state index is 14.2. The second-order valence-corrected chi connectivity index (χ2v) is 20.9. The van der Waals surface area contributed by atoms with E-state index in [1.165, 1.54) is 35.0 Å². The van der Waals surface area contributed by atoms with Crippen molar-refractivity contribution in [3.8, 4) is 11.1 Å². The summed E-state index contributed by atoms with van der Waals surface area (Å²) in [5, 5.41) is 13.1. The molecule has 63 heavy (non-hydrogen) atoms. The quantitative estimate of drug-likeness (QED) is 0.0776. The maximum Gasteiger partial charge on any atom is 0.501 e. The van der Waals surface area contributed by atoms with Crippen LogP contribution in [0.1, 0.15) is 41.6 Å². The summed E-state index contributed by atoms with van der Waals surface area (Å²) in [6.45, 7) is 2.64. The van der Waals surface area contributed by atoms with E-state index in [0.717, 1.165) is 73.6 Å². The number of alkyl halides is 3. The van der Waals surface area contributed by atoms with E-state index in [1.807, 2.05) is 76.4 Å². The molecule has 17 heteroatoms. The number of hydrogen-bond donors (Lipinski definition) is 3. The third-order valence-electron chi connectivity index (χ3n) is 11.6. The Labute approximate surface area is 375 Å². The van der Waals surface area contributed by atoms with Crippen LogP contribution < -0.4 is 14.9 Å². The van der Waals surface area contributed by atoms with Gasteiger partial charge in [0.1, 0.15) is 4.90 Å². The van der Waals surface area contributed by atoms with Crippen molar-refractivity contribution in [3.63, 3.8) is 0 Å². The number of nitrogens with zero attached hydrogens (tertiary/aromatic N) is 2. The molecule has 2 atom stereocenters. The van der Waals surface area contributed by atoms with Gasteiger partial charge in [-0.25, -0.2) is 21.6 Å². The summed E-state index contributed by atoms with van der Waals surface area (Å²) in [6, 6.07) is 33.7. The van der Waals surface area contributed by atoms with Crippen molar-refractivity contribution >= 4 is 60.5 Å². The van der Waals surface area contributed by atoms with Gasteiger partial charge < -0.3 is 15.3 Å². The number of piperidine rings is 1. The topological polar surface area (TPSA) is 136 Å². The van der Waals surface area contributed by atoms with Crippen molar-refractivity contribution in [2.75, 3.05) is 48.8 Å². The number of sulfonamides is 1. The number of β-amino-alcohol motifs (C(OH)–C–C–N with tert-alkyl or cyclic N) is 1. The molecule has 5 aromatic carbocycles. The molecule has 0 bridgehead atoms. The SMILES string of the molecule is O=C(NS(=O)(=O)c1ccc(N[C@@H](CSc2ccccc2)CC2CCN2CCO)c(S(=O)(=O)C(F)(F)F)c1)c1ccc(N2CCC(Cc3ccccc3-c3ccc(Cl)cc3)CC2)cc1. The smallest absolute Gasteiger partial charge is 0.395 e. The number of hydrogen-bond acceptors (Lipinski definition) is 10. The summed E-state index contributed by atoms with van der Waals surface area (Å²) >= 11 is 7.54. The molecule has 3 N–H and O–H groups in total. The van der Waals surface area contributed by atoms with Crippen molar-refractivity contribution in [1.82, 2.24) is 9.62 Å². The molecule has 0 aliphatic carbocycles. The molecule has 1 amide bonds. The van der Waals surface area contributed by atoms with Crippen LogP contribution in [0, 0.1) is 5.92 Å². The predicted octanol–water partition coefficient (Wildman–Crippen LogP) is 8.91. The standard InChI is InChI=1S/C46H48ClF3N4O6S3/c47-36-14-10-33(11-15-36)42-9-5-4-6-35(42)28-32-20-23-53(24-21-32)38-16-12-34(13-17-38)45(56)52-63(59,60)41-18-19-43(44(30-41)62(57,58)46(48,49)50)51-37(29-39-22-25-54(39)26-27-55)31-61-40-7-2-1-3-8-40/h1-19,30,32,37,39,51,55H,20-29,31H2,(H,52,56)/t37-,39?/m1/s1. The third kappa shape index (κ3) is 11.4. The Hall–Kier alpha value is -4.58. The van der Waals surface area contributed by atoms with Gasteiger partial charge in [-0.15, -0.1) is 11.8 Å². The number of thioether (sulfide) groups is 1. The number of rotatable bonds is 17. The second-order valence-electron chi connectivity index (χ2n) is 15.8. The largest absolute Gasteiger partial charge is 0.501 e. The van der Waals surface area contributed by atoms with Crippen LogP contribution in [0.3, 0.4) is 0 Å². The summed E-state index contributed by atoms with van der Waals surface area (Å²) in [4.78, 5) is 16.3. The number of aliphatic hydroxyl groups excluding tert-OH is 1. The zero-order chi connectivity index (χ0) is 44.8. The molecule has 1 unspecified atom stereocenters. The zero-order valence-corrected chi connectivity index (χ0v) is 37.4. The fourth-order valence-corrected chi connectivity index (χ4v) is 11.2. The van der Waals surface area contributed by atoms with Gasteiger partial charge in [0.05, 0.1) is 17.2 Å². The minimum atomic E-state index is -6.07. The van der Waals surface area contributed by atoms with E-state index < -0.39 is 52.8 Å². The molecule has 0 saturated carbocycles. The predicted molar refractivity (Wildman–Crippen MR) is 243 cm³/mol. The zero-order valence-electron chi connectivity index (χ0n) is 34.2. The Morgan fingerprint density at radius 2 is 1.52 bits per heavy atom. The summed E-state index contributed by atoms with van der Waals surface area (Å²) in [5.74, 6) is -0.238. The Balaban J connectivity index is 1.02. The molecule has 2 aliphatic rings. The van der Waals surface area contributed by atoms with Crippen LogP contribution in [-0.4, -0.2) is 88.9 Å². The maximum atomic E-state index is 14.2. The third-order valence-corrected chi connectivity index (χ3v) is 15.9. The van der Waals surface area contributed by atoms with Crippen LogP contribution in [0.5, 0.6) is 0 Å². The lowest BCUT2D eigenvalue weighted by Gasteiger charge is -2.42. The van der Waals surface area contributed by atoms with Gasteiger partial charge in [0, 0.05) is 65.2 Å². The first kappa shape index (κ1) is 46.4. The van der Waals surface area contributed by atoms with Gasteiger partial charge in [-0.2, -0.15) is 13.2 Å². The van der Waals surface area contributed by atoms with Crippen molar-refractivity contribution in [3.05, 3.63) is 137 Å². The van der Waals surface area contributed by atoms with Crippen molar-refractivity contribution in [2.45, 2.75) is 64.4 Å².